The second kappa shape index (κ2) is 4.85. The minimum absolute atomic E-state index is 0.235. The van der Waals surface area contributed by atoms with Crippen molar-refractivity contribution in [3.05, 3.63) is 35.4 Å². The first-order valence-electron chi connectivity index (χ1n) is 7.95. The molecular formula is C18H28N2. The fourth-order valence-corrected chi connectivity index (χ4v) is 3.37. The average Bonchev–Trinajstić information content (AvgIpc) is 3.22. The lowest BCUT2D eigenvalue weighted by Gasteiger charge is -2.51. The largest absolute Gasteiger partial charge is 0.308 e. The van der Waals surface area contributed by atoms with Crippen molar-refractivity contribution in [2.75, 3.05) is 13.1 Å². The summed E-state index contributed by atoms with van der Waals surface area (Å²) in [7, 11) is 0. The first kappa shape index (κ1) is 14.1. The lowest BCUT2D eigenvalue weighted by atomic mass is 9.86. The van der Waals surface area contributed by atoms with Gasteiger partial charge in [-0.1, -0.05) is 29.8 Å². The summed E-state index contributed by atoms with van der Waals surface area (Å²) in [5, 5.41) is 3.83. The molecule has 1 aromatic rings. The van der Waals surface area contributed by atoms with E-state index in [0.717, 1.165) is 19.0 Å². The van der Waals surface area contributed by atoms with Crippen LogP contribution in [0, 0.1) is 12.8 Å². The Hall–Kier alpha value is -0.860. The maximum absolute atomic E-state index is 3.83. The molecule has 2 aliphatic rings. The van der Waals surface area contributed by atoms with Crippen LogP contribution in [0.1, 0.15) is 44.7 Å². The van der Waals surface area contributed by atoms with Gasteiger partial charge in [0.15, 0.2) is 0 Å². The summed E-state index contributed by atoms with van der Waals surface area (Å²) in [5.74, 6) is 0.888. The molecule has 110 valence electrons. The van der Waals surface area contributed by atoms with Gasteiger partial charge in [-0.15, -0.1) is 0 Å². The molecule has 1 unspecified atom stereocenters. The smallest absolute Gasteiger partial charge is 0.0309 e. The molecule has 1 saturated heterocycles. The third kappa shape index (κ3) is 2.77. The highest BCUT2D eigenvalue weighted by Crippen LogP contribution is 2.42. The van der Waals surface area contributed by atoms with E-state index in [1.54, 1.807) is 0 Å². The number of nitrogens with zero attached hydrogens (tertiary/aromatic N) is 1. The molecule has 0 amide bonds. The van der Waals surface area contributed by atoms with E-state index in [0.29, 0.717) is 5.54 Å². The third-order valence-electron chi connectivity index (χ3n) is 5.27. The van der Waals surface area contributed by atoms with E-state index in [9.17, 15) is 0 Å². The first-order chi connectivity index (χ1) is 9.39. The number of nitrogens with one attached hydrogen (secondary N) is 1. The van der Waals surface area contributed by atoms with Crippen molar-refractivity contribution in [3.63, 3.8) is 0 Å². The zero-order valence-corrected chi connectivity index (χ0v) is 13.4. The highest BCUT2D eigenvalue weighted by atomic mass is 15.3. The van der Waals surface area contributed by atoms with Gasteiger partial charge in [-0.2, -0.15) is 0 Å². The molecule has 0 aromatic heterocycles. The van der Waals surface area contributed by atoms with Gasteiger partial charge in [-0.25, -0.2) is 0 Å². The van der Waals surface area contributed by atoms with E-state index in [2.05, 4.69) is 62.2 Å². The number of aryl methyl sites for hydroxylation is 1. The average molecular weight is 272 g/mol. The highest BCUT2D eigenvalue weighted by Gasteiger charge is 2.47. The molecule has 0 bridgehead atoms. The molecule has 0 radical (unpaired) electrons. The molecule has 1 saturated carbocycles. The van der Waals surface area contributed by atoms with Crippen LogP contribution in [0.3, 0.4) is 0 Å². The Bertz CT molecular complexity index is 473. The van der Waals surface area contributed by atoms with Gasteiger partial charge in [0.2, 0.25) is 0 Å². The molecular weight excluding hydrogens is 244 g/mol. The molecule has 1 heterocycles. The number of benzene rings is 1. The van der Waals surface area contributed by atoms with Gasteiger partial charge < -0.3 is 5.32 Å². The van der Waals surface area contributed by atoms with Crippen molar-refractivity contribution in [3.8, 4) is 0 Å². The molecule has 1 aromatic carbocycles. The fourth-order valence-electron chi connectivity index (χ4n) is 3.37. The summed E-state index contributed by atoms with van der Waals surface area (Å²) in [5.41, 5.74) is 3.33. The summed E-state index contributed by atoms with van der Waals surface area (Å²) < 4.78 is 0. The van der Waals surface area contributed by atoms with Crippen LogP contribution in [-0.4, -0.2) is 29.1 Å². The van der Waals surface area contributed by atoms with Gasteiger partial charge in [-0.3, -0.25) is 4.90 Å². The van der Waals surface area contributed by atoms with E-state index in [1.165, 1.54) is 30.5 Å². The predicted molar refractivity (Wildman–Crippen MR) is 84.8 cm³/mol. The fraction of sp³-hybridized carbons (Fsp3) is 0.667. The molecule has 2 heteroatoms. The Labute approximate surface area is 123 Å². The first-order valence-corrected chi connectivity index (χ1v) is 7.95. The predicted octanol–water partition coefficient (Wildman–Crippen LogP) is 3.35. The van der Waals surface area contributed by atoms with E-state index in [-0.39, 0.29) is 5.54 Å². The quantitative estimate of drug-likeness (QED) is 0.908. The second-order valence-corrected chi connectivity index (χ2v) is 7.70. The van der Waals surface area contributed by atoms with E-state index >= 15 is 0 Å². The van der Waals surface area contributed by atoms with Crippen LogP contribution in [0.5, 0.6) is 0 Å². The lowest BCUT2D eigenvalue weighted by molar-refractivity contribution is 0.0178. The molecule has 3 rings (SSSR count). The lowest BCUT2D eigenvalue weighted by Crippen LogP contribution is -2.67. The number of hydrogen-bond donors (Lipinski definition) is 1. The molecule has 20 heavy (non-hydrogen) atoms. The molecule has 1 N–H and O–H groups in total. The Morgan fingerprint density at radius 1 is 1.15 bits per heavy atom. The van der Waals surface area contributed by atoms with Crippen LogP contribution < -0.4 is 5.32 Å². The van der Waals surface area contributed by atoms with E-state index in [1.807, 2.05) is 0 Å². The van der Waals surface area contributed by atoms with Gasteiger partial charge in [0.1, 0.15) is 0 Å². The second-order valence-electron chi connectivity index (χ2n) is 7.70. The molecule has 2 nitrogen and oxygen atoms in total. The number of rotatable bonds is 3. The van der Waals surface area contributed by atoms with Gasteiger partial charge in [-0.05, 0) is 52.0 Å². The van der Waals surface area contributed by atoms with Gasteiger partial charge in [0.05, 0.1) is 0 Å². The van der Waals surface area contributed by atoms with Gasteiger partial charge in [0.25, 0.3) is 0 Å². The zero-order valence-electron chi connectivity index (χ0n) is 13.4. The topological polar surface area (TPSA) is 15.3 Å². The van der Waals surface area contributed by atoms with Crippen LogP contribution in [0.4, 0.5) is 0 Å². The van der Waals surface area contributed by atoms with Gasteiger partial charge in [0, 0.05) is 30.7 Å². The zero-order chi connectivity index (χ0) is 14.4. The molecule has 1 atom stereocenters. The summed E-state index contributed by atoms with van der Waals surface area (Å²) in [6.45, 7) is 12.6. The highest BCUT2D eigenvalue weighted by molar-refractivity contribution is 5.22. The maximum Gasteiger partial charge on any atom is 0.0309 e. The van der Waals surface area contributed by atoms with Crippen LogP contribution in [-0.2, 0) is 6.54 Å². The van der Waals surface area contributed by atoms with Crippen LogP contribution in [0.25, 0.3) is 0 Å². The Morgan fingerprint density at radius 2 is 1.80 bits per heavy atom. The monoisotopic (exact) mass is 272 g/mol. The minimum atomic E-state index is 0.235. The van der Waals surface area contributed by atoms with E-state index in [4.69, 9.17) is 0 Å². The molecule has 2 fully saturated rings. The van der Waals surface area contributed by atoms with Crippen molar-refractivity contribution in [1.82, 2.24) is 10.2 Å². The maximum atomic E-state index is 3.83. The van der Waals surface area contributed by atoms with Crippen molar-refractivity contribution in [1.29, 1.82) is 0 Å². The number of hydrogen-bond acceptors (Lipinski definition) is 2. The standard InChI is InChI=1S/C18H28N2/c1-14-5-7-15(8-6-14)11-20-13-18(4,16-9-10-16)19-12-17(20,2)3/h5-8,16,19H,9-13H2,1-4H3. The number of piperazine rings is 1. The van der Waals surface area contributed by atoms with Crippen molar-refractivity contribution in [2.45, 2.75) is 58.2 Å². The third-order valence-corrected chi connectivity index (χ3v) is 5.27. The summed E-state index contributed by atoms with van der Waals surface area (Å²) in [6, 6.07) is 9.01. The normalized spacial score (nSPS) is 30.4. The molecule has 1 aliphatic carbocycles. The Balaban J connectivity index is 1.75. The van der Waals surface area contributed by atoms with Crippen LogP contribution >= 0.6 is 0 Å². The van der Waals surface area contributed by atoms with Crippen molar-refractivity contribution in [2.24, 2.45) is 5.92 Å². The van der Waals surface area contributed by atoms with Gasteiger partial charge >= 0.3 is 0 Å². The van der Waals surface area contributed by atoms with Crippen molar-refractivity contribution >= 4 is 0 Å². The Morgan fingerprint density at radius 3 is 2.40 bits per heavy atom. The van der Waals surface area contributed by atoms with Crippen LogP contribution in [0.15, 0.2) is 24.3 Å². The van der Waals surface area contributed by atoms with E-state index < -0.39 is 0 Å². The Kier molecular flexibility index (Phi) is 3.42. The minimum Gasteiger partial charge on any atom is -0.308 e. The van der Waals surface area contributed by atoms with Crippen LogP contribution in [0.2, 0.25) is 0 Å². The molecule has 1 aliphatic heterocycles. The summed E-state index contributed by atoms with van der Waals surface area (Å²) in [4.78, 5) is 2.67. The summed E-state index contributed by atoms with van der Waals surface area (Å²) in [6.07, 6.45) is 2.81. The summed E-state index contributed by atoms with van der Waals surface area (Å²) >= 11 is 0. The van der Waals surface area contributed by atoms with Crippen molar-refractivity contribution < 1.29 is 0 Å². The SMILES string of the molecule is Cc1ccc(CN2CC(C)(C3CC3)NCC2(C)C)cc1. The molecule has 0 spiro atoms.